The summed E-state index contributed by atoms with van der Waals surface area (Å²) in [5.74, 6) is 1.42. The molecule has 0 radical (unpaired) electrons. The molecule has 2 bridgehead atoms. The van der Waals surface area contributed by atoms with Gasteiger partial charge in [0.1, 0.15) is 0 Å². The van der Waals surface area contributed by atoms with Crippen LogP contribution < -0.4 is 0 Å². The molecule has 2 aromatic rings. The van der Waals surface area contributed by atoms with Crippen molar-refractivity contribution >= 4 is 5.78 Å². The van der Waals surface area contributed by atoms with Crippen molar-refractivity contribution in [3.05, 3.63) is 71.8 Å². The molecule has 4 unspecified atom stereocenters. The number of ketones is 1. The third-order valence-corrected chi connectivity index (χ3v) is 5.97. The van der Waals surface area contributed by atoms with Crippen LogP contribution in [0.4, 0.5) is 0 Å². The van der Waals surface area contributed by atoms with Crippen LogP contribution in [0.2, 0.25) is 0 Å². The lowest BCUT2D eigenvalue weighted by atomic mass is 9.68. The summed E-state index contributed by atoms with van der Waals surface area (Å²) in [5.41, 5.74) is 2.50. The van der Waals surface area contributed by atoms with Crippen molar-refractivity contribution in [1.29, 1.82) is 0 Å². The minimum Gasteiger partial charge on any atom is -0.298 e. The van der Waals surface area contributed by atoms with Crippen molar-refractivity contribution in [2.24, 2.45) is 11.8 Å². The molecule has 2 aromatic carbocycles. The van der Waals surface area contributed by atoms with Crippen LogP contribution in [0.25, 0.3) is 0 Å². The summed E-state index contributed by atoms with van der Waals surface area (Å²) in [4.78, 5) is 15.8. The Kier molecular flexibility index (Phi) is 4.24. The van der Waals surface area contributed by atoms with E-state index in [0.29, 0.717) is 11.7 Å². The zero-order valence-electron chi connectivity index (χ0n) is 14.3. The largest absolute Gasteiger partial charge is 0.298 e. The van der Waals surface area contributed by atoms with Gasteiger partial charge in [-0.1, -0.05) is 74.0 Å². The molecular formula is C22H25NO. The summed E-state index contributed by atoms with van der Waals surface area (Å²) >= 11 is 0. The van der Waals surface area contributed by atoms with Crippen molar-refractivity contribution in [2.45, 2.75) is 31.7 Å². The first-order valence-electron chi connectivity index (χ1n) is 9.17. The van der Waals surface area contributed by atoms with Gasteiger partial charge in [-0.05, 0) is 30.0 Å². The number of fused-ring (bicyclic) bond motifs is 3. The second-order valence-corrected chi connectivity index (χ2v) is 7.20. The van der Waals surface area contributed by atoms with Crippen molar-refractivity contribution < 1.29 is 4.79 Å². The van der Waals surface area contributed by atoms with Crippen LogP contribution in [0.5, 0.6) is 0 Å². The van der Waals surface area contributed by atoms with E-state index < -0.39 is 0 Å². The number of Topliss-reactive ketones (excluding diaryl/α,β-unsaturated/α-hetero) is 1. The van der Waals surface area contributed by atoms with E-state index in [9.17, 15) is 4.79 Å². The molecule has 3 saturated heterocycles. The lowest BCUT2D eigenvalue weighted by molar-refractivity contribution is -0.142. The highest BCUT2D eigenvalue weighted by Crippen LogP contribution is 2.42. The molecule has 0 aromatic heterocycles. The van der Waals surface area contributed by atoms with E-state index in [2.05, 4.69) is 60.4 Å². The van der Waals surface area contributed by atoms with Gasteiger partial charge in [-0.15, -0.1) is 0 Å². The maximum absolute atomic E-state index is 13.3. The molecule has 0 saturated carbocycles. The smallest absolute Gasteiger partial charge is 0.154 e. The number of rotatable bonds is 4. The first-order valence-corrected chi connectivity index (χ1v) is 9.17. The van der Waals surface area contributed by atoms with Gasteiger partial charge in [0.2, 0.25) is 0 Å². The van der Waals surface area contributed by atoms with Gasteiger partial charge in [0.25, 0.3) is 0 Å². The topological polar surface area (TPSA) is 20.3 Å². The number of carbonyl (C=O) groups is 1. The Morgan fingerprint density at radius 3 is 2.08 bits per heavy atom. The standard InChI is InChI=1S/C22H25NO/c1-2-16-15-23-14-13-19(16)22(24)21(23)20(17-9-5-3-6-10-17)18-11-7-4-8-12-18/h3-12,16,19-21H,2,13-15H2,1H3. The van der Waals surface area contributed by atoms with Crippen LogP contribution in [0.15, 0.2) is 60.7 Å². The molecule has 3 fully saturated rings. The fraction of sp³-hybridized carbons (Fsp3) is 0.409. The van der Waals surface area contributed by atoms with Gasteiger partial charge in [-0.3, -0.25) is 9.69 Å². The molecule has 2 nitrogen and oxygen atoms in total. The summed E-state index contributed by atoms with van der Waals surface area (Å²) in [5, 5.41) is 0. The Hall–Kier alpha value is -1.93. The second kappa shape index (κ2) is 6.52. The van der Waals surface area contributed by atoms with Crippen LogP contribution in [0.1, 0.15) is 36.8 Å². The number of piperidine rings is 3. The van der Waals surface area contributed by atoms with Crippen LogP contribution in [0, 0.1) is 11.8 Å². The molecule has 0 amide bonds. The Morgan fingerprint density at radius 2 is 1.58 bits per heavy atom. The molecule has 4 atom stereocenters. The average Bonchev–Trinajstić information content (AvgIpc) is 2.66. The van der Waals surface area contributed by atoms with E-state index in [0.717, 1.165) is 25.9 Å². The summed E-state index contributed by atoms with van der Waals surface area (Å²) in [6.45, 7) is 4.36. The van der Waals surface area contributed by atoms with E-state index in [1.54, 1.807) is 0 Å². The minimum absolute atomic E-state index is 0.00338. The van der Waals surface area contributed by atoms with Crippen molar-refractivity contribution in [1.82, 2.24) is 4.90 Å². The van der Waals surface area contributed by atoms with Gasteiger partial charge >= 0.3 is 0 Å². The second-order valence-electron chi connectivity index (χ2n) is 7.20. The van der Waals surface area contributed by atoms with Crippen LogP contribution >= 0.6 is 0 Å². The molecule has 0 N–H and O–H groups in total. The Bertz CT molecular complexity index is 657. The molecule has 2 heteroatoms. The third kappa shape index (κ3) is 2.59. The van der Waals surface area contributed by atoms with E-state index >= 15 is 0 Å². The normalized spacial score (nSPS) is 29.2. The predicted molar refractivity (Wildman–Crippen MR) is 97.0 cm³/mol. The fourth-order valence-corrected chi connectivity index (χ4v) is 4.75. The van der Waals surface area contributed by atoms with Crippen molar-refractivity contribution in [2.75, 3.05) is 13.1 Å². The first-order chi connectivity index (χ1) is 11.8. The summed E-state index contributed by atoms with van der Waals surface area (Å²) < 4.78 is 0. The average molecular weight is 319 g/mol. The SMILES string of the molecule is CCC1CN2CCC1C(=O)C2C(c1ccccc1)c1ccccc1. The zero-order valence-corrected chi connectivity index (χ0v) is 14.3. The predicted octanol–water partition coefficient (Wildman–Crippen LogP) is 4.12. The van der Waals surface area contributed by atoms with Crippen LogP contribution in [-0.2, 0) is 4.79 Å². The molecule has 3 aliphatic rings. The quantitative estimate of drug-likeness (QED) is 0.845. The van der Waals surface area contributed by atoms with Gasteiger partial charge < -0.3 is 0 Å². The monoisotopic (exact) mass is 319 g/mol. The van der Waals surface area contributed by atoms with E-state index in [4.69, 9.17) is 0 Å². The number of benzene rings is 2. The highest BCUT2D eigenvalue weighted by atomic mass is 16.1. The molecule has 3 aliphatic heterocycles. The molecule has 124 valence electrons. The Labute approximate surface area is 144 Å². The van der Waals surface area contributed by atoms with Crippen LogP contribution in [-0.4, -0.2) is 29.8 Å². The maximum atomic E-state index is 13.3. The Morgan fingerprint density at radius 1 is 1.00 bits per heavy atom. The third-order valence-electron chi connectivity index (χ3n) is 5.97. The van der Waals surface area contributed by atoms with Gasteiger partial charge in [0, 0.05) is 18.4 Å². The van der Waals surface area contributed by atoms with E-state index in [-0.39, 0.29) is 17.9 Å². The van der Waals surface area contributed by atoms with Crippen molar-refractivity contribution in [3.8, 4) is 0 Å². The lowest BCUT2D eigenvalue weighted by Gasteiger charge is -2.51. The van der Waals surface area contributed by atoms with E-state index in [1.807, 2.05) is 12.1 Å². The number of hydrogen-bond acceptors (Lipinski definition) is 2. The van der Waals surface area contributed by atoms with Crippen LogP contribution in [0.3, 0.4) is 0 Å². The molecular weight excluding hydrogens is 294 g/mol. The highest BCUT2D eigenvalue weighted by Gasteiger charge is 2.49. The molecule has 5 rings (SSSR count). The van der Waals surface area contributed by atoms with Gasteiger partial charge in [-0.2, -0.15) is 0 Å². The summed E-state index contributed by atoms with van der Waals surface area (Å²) in [7, 11) is 0. The Balaban J connectivity index is 1.76. The lowest BCUT2D eigenvalue weighted by Crippen LogP contribution is -2.61. The summed E-state index contributed by atoms with van der Waals surface area (Å²) in [6, 6.07) is 21.1. The number of nitrogens with zero attached hydrogens (tertiary/aromatic N) is 1. The minimum atomic E-state index is -0.00338. The zero-order chi connectivity index (χ0) is 16.5. The van der Waals surface area contributed by atoms with Crippen molar-refractivity contribution in [3.63, 3.8) is 0 Å². The molecule has 0 spiro atoms. The number of carbonyl (C=O) groups excluding carboxylic acids is 1. The highest BCUT2D eigenvalue weighted by molar-refractivity contribution is 5.89. The van der Waals surface area contributed by atoms with Gasteiger partial charge in [0.05, 0.1) is 6.04 Å². The molecule has 0 aliphatic carbocycles. The van der Waals surface area contributed by atoms with E-state index in [1.165, 1.54) is 11.1 Å². The fourth-order valence-electron chi connectivity index (χ4n) is 4.75. The molecule has 3 heterocycles. The number of hydrogen-bond donors (Lipinski definition) is 0. The molecule has 24 heavy (non-hydrogen) atoms. The first kappa shape index (κ1) is 15.6. The van der Waals surface area contributed by atoms with Gasteiger partial charge in [-0.25, -0.2) is 0 Å². The van der Waals surface area contributed by atoms with Gasteiger partial charge in [0.15, 0.2) is 5.78 Å². The summed E-state index contributed by atoms with van der Waals surface area (Å²) in [6.07, 6.45) is 2.16. The maximum Gasteiger partial charge on any atom is 0.154 e.